The molecule has 2 aromatic rings. The summed E-state index contributed by atoms with van der Waals surface area (Å²) in [5.41, 5.74) is 6.60. The summed E-state index contributed by atoms with van der Waals surface area (Å²) in [5.74, 6) is 0.261. The smallest absolute Gasteiger partial charge is 0.318 e. The number of aromatic nitrogens is 2. The van der Waals surface area contributed by atoms with Crippen molar-refractivity contribution in [3.05, 3.63) is 30.1 Å². The molecule has 3 N–H and O–H groups in total. The van der Waals surface area contributed by atoms with E-state index in [2.05, 4.69) is 10.3 Å². The number of hydrogen-bond acceptors (Lipinski definition) is 3. The molecule has 0 radical (unpaired) electrons. The molecule has 1 heterocycles. The zero-order valence-electron chi connectivity index (χ0n) is 10.2. The Morgan fingerprint density at radius 3 is 2.72 bits per heavy atom. The van der Waals surface area contributed by atoms with Crippen LogP contribution in [-0.4, -0.2) is 21.5 Å². The molecular weight excluding hydrogens is 232 g/mol. The van der Waals surface area contributed by atoms with Gasteiger partial charge in [0.2, 0.25) is 0 Å². The van der Waals surface area contributed by atoms with Crippen LogP contribution in [0.5, 0.6) is 0 Å². The topological polar surface area (TPSA) is 90.0 Å². The summed E-state index contributed by atoms with van der Waals surface area (Å²) >= 11 is 0. The number of primary amides is 1. The first-order chi connectivity index (χ1) is 8.50. The van der Waals surface area contributed by atoms with Gasteiger partial charge in [0, 0.05) is 0 Å². The molecule has 0 spiro atoms. The summed E-state index contributed by atoms with van der Waals surface area (Å²) in [5, 5.41) is 2.07. The quantitative estimate of drug-likeness (QED) is 0.831. The first-order valence-corrected chi connectivity index (χ1v) is 5.54. The average molecular weight is 246 g/mol. The molecule has 0 aliphatic rings. The Kier molecular flexibility index (Phi) is 3.01. The van der Waals surface area contributed by atoms with E-state index in [9.17, 15) is 9.59 Å². The minimum absolute atomic E-state index is 0.450. The third-order valence-corrected chi connectivity index (χ3v) is 2.79. The standard InChI is InChI=1S/C12H14N4O2/c1-7(11(17)15-12(13)18)16-8(2)14-9-5-3-4-6-10(9)16/h3-7H,1-2H3,(H3,13,15,17,18). The van der Waals surface area contributed by atoms with Crippen molar-refractivity contribution in [2.24, 2.45) is 5.73 Å². The lowest BCUT2D eigenvalue weighted by molar-refractivity contribution is -0.122. The lowest BCUT2D eigenvalue weighted by atomic mass is 10.2. The SMILES string of the molecule is Cc1nc2ccccc2n1C(C)C(=O)NC(N)=O. The number of nitrogens with two attached hydrogens (primary N) is 1. The van der Waals surface area contributed by atoms with E-state index in [0.29, 0.717) is 5.82 Å². The molecule has 6 nitrogen and oxygen atoms in total. The number of nitrogens with one attached hydrogen (secondary N) is 1. The van der Waals surface area contributed by atoms with E-state index < -0.39 is 18.0 Å². The fourth-order valence-corrected chi connectivity index (χ4v) is 2.00. The molecule has 0 fully saturated rings. The van der Waals surface area contributed by atoms with Gasteiger partial charge in [-0.05, 0) is 26.0 Å². The highest BCUT2D eigenvalue weighted by molar-refractivity contribution is 5.96. The lowest BCUT2D eigenvalue weighted by Gasteiger charge is -2.14. The molecule has 0 aliphatic carbocycles. The van der Waals surface area contributed by atoms with Gasteiger partial charge in [0.15, 0.2) is 0 Å². The molecule has 1 atom stereocenters. The predicted octanol–water partition coefficient (Wildman–Crippen LogP) is 1.10. The van der Waals surface area contributed by atoms with Gasteiger partial charge in [0.25, 0.3) is 5.91 Å². The van der Waals surface area contributed by atoms with Crippen LogP contribution in [-0.2, 0) is 4.79 Å². The Balaban J connectivity index is 2.44. The average Bonchev–Trinajstić information content (AvgIpc) is 2.63. The van der Waals surface area contributed by atoms with Crippen molar-refractivity contribution in [1.29, 1.82) is 0 Å². The Labute approximate surface area is 104 Å². The largest absolute Gasteiger partial charge is 0.351 e. The third-order valence-electron chi connectivity index (χ3n) is 2.79. The molecule has 1 aromatic carbocycles. The number of nitrogens with zero attached hydrogens (tertiary/aromatic N) is 2. The predicted molar refractivity (Wildman–Crippen MR) is 66.9 cm³/mol. The monoisotopic (exact) mass is 246 g/mol. The zero-order chi connectivity index (χ0) is 13.3. The van der Waals surface area contributed by atoms with Gasteiger partial charge in [-0.25, -0.2) is 9.78 Å². The van der Waals surface area contributed by atoms with Crippen LogP contribution in [0.3, 0.4) is 0 Å². The summed E-state index contributed by atoms with van der Waals surface area (Å²) in [4.78, 5) is 26.8. The highest BCUT2D eigenvalue weighted by Gasteiger charge is 2.20. The first kappa shape index (κ1) is 12.1. The number of para-hydroxylation sites is 2. The van der Waals surface area contributed by atoms with Gasteiger partial charge in [0.05, 0.1) is 11.0 Å². The van der Waals surface area contributed by atoms with Crippen LogP contribution in [0.15, 0.2) is 24.3 Å². The second-order valence-electron chi connectivity index (χ2n) is 4.05. The van der Waals surface area contributed by atoms with E-state index in [1.165, 1.54) is 0 Å². The number of imidazole rings is 1. The van der Waals surface area contributed by atoms with E-state index in [-0.39, 0.29) is 0 Å². The van der Waals surface area contributed by atoms with Gasteiger partial charge in [-0.1, -0.05) is 12.1 Å². The van der Waals surface area contributed by atoms with Crippen molar-refractivity contribution >= 4 is 23.0 Å². The molecule has 3 amide bonds. The number of rotatable bonds is 2. The van der Waals surface area contributed by atoms with Crippen molar-refractivity contribution in [2.45, 2.75) is 19.9 Å². The number of hydrogen-bond donors (Lipinski definition) is 2. The van der Waals surface area contributed by atoms with Crippen LogP contribution in [0.25, 0.3) is 11.0 Å². The van der Waals surface area contributed by atoms with Crippen LogP contribution in [0.1, 0.15) is 18.8 Å². The fraction of sp³-hybridized carbons (Fsp3) is 0.250. The number of amides is 3. The number of carbonyl (C=O) groups is 2. The number of urea groups is 1. The minimum Gasteiger partial charge on any atom is -0.351 e. The fourth-order valence-electron chi connectivity index (χ4n) is 2.00. The molecule has 18 heavy (non-hydrogen) atoms. The van der Waals surface area contributed by atoms with Crippen LogP contribution >= 0.6 is 0 Å². The molecule has 94 valence electrons. The van der Waals surface area contributed by atoms with Gasteiger partial charge < -0.3 is 10.3 Å². The number of aryl methyl sites for hydroxylation is 1. The second-order valence-corrected chi connectivity index (χ2v) is 4.05. The van der Waals surface area contributed by atoms with Crippen molar-refractivity contribution < 1.29 is 9.59 Å². The van der Waals surface area contributed by atoms with E-state index >= 15 is 0 Å². The molecule has 2 rings (SSSR count). The van der Waals surface area contributed by atoms with Crippen molar-refractivity contribution in [3.63, 3.8) is 0 Å². The Bertz CT molecular complexity index is 618. The molecule has 6 heteroatoms. The maximum Gasteiger partial charge on any atom is 0.318 e. The summed E-state index contributed by atoms with van der Waals surface area (Å²) < 4.78 is 1.77. The molecule has 0 aliphatic heterocycles. The lowest BCUT2D eigenvalue weighted by Crippen LogP contribution is -2.39. The van der Waals surface area contributed by atoms with Crippen LogP contribution < -0.4 is 11.1 Å². The number of imide groups is 1. The third kappa shape index (κ3) is 2.04. The summed E-state index contributed by atoms with van der Waals surface area (Å²) in [6, 6.07) is 6.10. The number of benzene rings is 1. The molecule has 0 saturated heterocycles. The highest BCUT2D eigenvalue weighted by Crippen LogP contribution is 2.20. The van der Waals surface area contributed by atoms with Crippen molar-refractivity contribution in [2.75, 3.05) is 0 Å². The summed E-state index contributed by atoms with van der Waals surface area (Å²) in [7, 11) is 0. The van der Waals surface area contributed by atoms with Gasteiger partial charge >= 0.3 is 6.03 Å². The summed E-state index contributed by atoms with van der Waals surface area (Å²) in [6.07, 6.45) is 0. The van der Waals surface area contributed by atoms with E-state index in [1.54, 1.807) is 11.5 Å². The minimum atomic E-state index is -0.853. The number of carbonyl (C=O) groups excluding carboxylic acids is 2. The maximum atomic E-state index is 11.8. The van der Waals surface area contributed by atoms with Gasteiger partial charge in [-0.3, -0.25) is 10.1 Å². The van der Waals surface area contributed by atoms with E-state index in [4.69, 9.17) is 5.73 Å². The normalized spacial score (nSPS) is 12.3. The molecular formula is C12H14N4O2. The van der Waals surface area contributed by atoms with Crippen molar-refractivity contribution in [1.82, 2.24) is 14.9 Å². The van der Waals surface area contributed by atoms with Gasteiger partial charge in [-0.15, -0.1) is 0 Å². The molecule has 0 bridgehead atoms. The highest BCUT2D eigenvalue weighted by atomic mass is 16.2. The summed E-state index contributed by atoms with van der Waals surface area (Å²) in [6.45, 7) is 3.51. The van der Waals surface area contributed by atoms with Crippen LogP contribution in [0, 0.1) is 6.92 Å². The second kappa shape index (κ2) is 4.48. The van der Waals surface area contributed by atoms with Gasteiger partial charge in [-0.2, -0.15) is 0 Å². The van der Waals surface area contributed by atoms with E-state index in [1.807, 2.05) is 31.2 Å². The zero-order valence-corrected chi connectivity index (χ0v) is 10.2. The van der Waals surface area contributed by atoms with Crippen LogP contribution in [0.2, 0.25) is 0 Å². The molecule has 1 unspecified atom stereocenters. The Morgan fingerprint density at radius 2 is 2.06 bits per heavy atom. The molecule has 1 aromatic heterocycles. The Morgan fingerprint density at radius 1 is 1.39 bits per heavy atom. The molecule has 0 saturated carbocycles. The van der Waals surface area contributed by atoms with Gasteiger partial charge in [0.1, 0.15) is 11.9 Å². The van der Waals surface area contributed by atoms with Crippen molar-refractivity contribution in [3.8, 4) is 0 Å². The van der Waals surface area contributed by atoms with Crippen LogP contribution in [0.4, 0.5) is 4.79 Å². The first-order valence-electron chi connectivity index (χ1n) is 5.54. The number of fused-ring (bicyclic) bond motifs is 1. The van der Waals surface area contributed by atoms with E-state index in [0.717, 1.165) is 11.0 Å². The Hall–Kier alpha value is -2.37. The maximum absolute atomic E-state index is 11.8.